The Balaban J connectivity index is 1.38. The summed E-state index contributed by atoms with van der Waals surface area (Å²) in [5, 5.41) is 5.02. The number of carbonyl (C=O) groups excluding carboxylic acids is 2. The molecule has 1 aliphatic heterocycles. The predicted octanol–water partition coefficient (Wildman–Crippen LogP) is 5.18. The van der Waals surface area contributed by atoms with Crippen molar-refractivity contribution < 1.29 is 9.59 Å². The fourth-order valence-corrected chi connectivity index (χ4v) is 4.46. The quantitative estimate of drug-likeness (QED) is 0.588. The Bertz CT molecular complexity index is 1080. The summed E-state index contributed by atoms with van der Waals surface area (Å²) in [6.45, 7) is 7.34. The van der Waals surface area contributed by atoms with Gasteiger partial charge < -0.3 is 15.1 Å². The molecule has 0 bridgehead atoms. The smallest absolute Gasteiger partial charge is 0.256 e. The van der Waals surface area contributed by atoms with Gasteiger partial charge in [-0.25, -0.2) is 0 Å². The number of benzene rings is 3. The SMILES string of the molecule is CCC(CC)C(=O)N1CCN(c2ccc(NC(=O)c3cccc4ccccc34)cc2)CC1. The fourth-order valence-electron chi connectivity index (χ4n) is 4.46. The van der Waals surface area contributed by atoms with Gasteiger partial charge in [0.2, 0.25) is 5.91 Å². The third kappa shape index (κ3) is 4.62. The van der Waals surface area contributed by atoms with Crippen molar-refractivity contribution >= 4 is 34.0 Å². The first-order valence-corrected chi connectivity index (χ1v) is 11.5. The lowest BCUT2D eigenvalue weighted by molar-refractivity contribution is -0.136. The summed E-state index contributed by atoms with van der Waals surface area (Å²) in [7, 11) is 0. The van der Waals surface area contributed by atoms with Gasteiger partial charge in [0.1, 0.15) is 0 Å². The van der Waals surface area contributed by atoms with Crippen molar-refractivity contribution in [2.75, 3.05) is 36.4 Å². The molecule has 4 rings (SSSR count). The van der Waals surface area contributed by atoms with Crippen LogP contribution in [-0.2, 0) is 4.79 Å². The minimum absolute atomic E-state index is 0.108. The molecular weight excluding hydrogens is 398 g/mol. The van der Waals surface area contributed by atoms with E-state index < -0.39 is 0 Å². The number of nitrogens with zero attached hydrogens (tertiary/aromatic N) is 2. The van der Waals surface area contributed by atoms with Gasteiger partial charge >= 0.3 is 0 Å². The van der Waals surface area contributed by atoms with Crippen LogP contribution in [0.4, 0.5) is 11.4 Å². The summed E-state index contributed by atoms with van der Waals surface area (Å²) in [4.78, 5) is 29.8. The Morgan fingerprint density at radius 1 is 0.844 bits per heavy atom. The summed E-state index contributed by atoms with van der Waals surface area (Å²) in [6.07, 6.45) is 1.81. The fraction of sp³-hybridized carbons (Fsp3) is 0.333. The monoisotopic (exact) mass is 429 g/mol. The van der Waals surface area contributed by atoms with E-state index in [-0.39, 0.29) is 11.8 Å². The second kappa shape index (κ2) is 9.86. The van der Waals surface area contributed by atoms with Gasteiger partial charge in [0, 0.05) is 49.0 Å². The summed E-state index contributed by atoms with van der Waals surface area (Å²) < 4.78 is 0. The number of nitrogens with one attached hydrogen (secondary N) is 1. The number of rotatable bonds is 6. The van der Waals surface area contributed by atoms with Crippen LogP contribution in [0.15, 0.2) is 66.7 Å². The van der Waals surface area contributed by atoms with Crippen LogP contribution in [0.25, 0.3) is 10.8 Å². The number of fused-ring (bicyclic) bond motifs is 1. The summed E-state index contributed by atoms with van der Waals surface area (Å²) in [5.41, 5.74) is 2.56. The highest BCUT2D eigenvalue weighted by atomic mass is 16.2. The summed E-state index contributed by atoms with van der Waals surface area (Å²) in [6, 6.07) is 21.7. The third-order valence-corrected chi connectivity index (χ3v) is 6.45. The van der Waals surface area contributed by atoms with E-state index in [2.05, 4.69) is 24.1 Å². The molecule has 0 saturated carbocycles. The topological polar surface area (TPSA) is 52.7 Å². The number of hydrogen-bond donors (Lipinski definition) is 1. The number of anilines is 2. The van der Waals surface area contributed by atoms with Gasteiger partial charge in [-0.2, -0.15) is 0 Å². The van der Waals surface area contributed by atoms with Gasteiger partial charge in [-0.3, -0.25) is 9.59 Å². The van der Waals surface area contributed by atoms with Crippen molar-refractivity contribution in [1.29, 1.82) is 0 Å². The van der Waals surface area contributed by atoms with Gasteiger partial charge in [0.25, 0.3) is 5.91 Å². The van der Waals surface area contributed by atoms with Crippen LogP contribution in [0.2, 0.25) is 0 Å². The van der Waals surface area contributed by atoms with E-state index in [1.54, 1.807) is 0 Å². The molecule has 0 spiro atoms. The van der Waals surface area contributed by atoms with E-state index in [0.717, 1.165) is 61.2 Å². The Hall–Kier alpha value is -3.34. The Morgan fingerprint density at radius 2 is 1.50 bits per heavy atom. The summed E-state index contributed by atoms with van der Waals surface area (Å²) >= 11 is 0. The zero-order valence-electron chi connectivity index (χ0n) is 18.9. The first kappa shape index (κ1) is 21.9. The highest BCUT2D eigenvalue weighted by molar-refractivity contribution is 6.12. The minimum atomic E-state index is -0.108. The Kier molecular flexibility index (Phi) is 6.74. The van der Waals surface area contributed by atoms with Gasteiger partial charge in [0.05, 0.1) is 0 Å². The lowest BCUT2D eigenvalue weighted by Gasteiger charge is -2.37. The van der Waals surface area contributed by atoms with Crippen molar-refractivity contribution in [1.82, 2.24) is 4.90 Å². The molecule has 3 aromatic carbocycles. The highest BCUT2D eigenvalue weighted by Gasteiger charge is 2.25. The van der Waals surface area contributed by atoms with Crippen LogP contribution >= 0.6 is 0 Å². The van der Waals surface area contributed by atoms with Gasteiger partial charge in [-0.15, -0.1) is 0 Å². The second-order valence-corrected chi connectivity index (χ2v) is 8.35. The molecule has 5 nitrogen and oxygen atoms in total. The molecule has 1 N–H and O–H groups in total. The number of amides is 2. The molecule has 0 atom stereocenters. The molecule has 0 aliphatic carbocycles. The maximum absolute atomic E-state index is 12.9. The number of hydrogen-bond acceptors (Lipinski definition) is 3. The van der Waals surface area contributed by atoms with Crippen molar-refractivity contribution in [2.24, 2.45) is 5.92 Å². The largest absolute Gasteiger partial charge is 0.368 e. The van der Waals surface area contributed by atoms with E-state index in [9.17, 15) is 9.59 Å². The zero-order chi connectivity index (χ0) is 22.5. The molecule has 1 saturated heterocycles. The first-order chi connectivity index (χ1) is 15.6. The highest BCUT2D eigenvalue weighted by Crippen LogP contribution is 2.23. The maximum Gasteiger partial charge on any atom is 0.256 e. The van der Waals surface area contributed by atoms with Crippen LogP contribution in [0.3, 0.4) is 0 Å². The van der Waals surface area contributed by atoms with E-state index >= 15 is 0 Å². The molecule has 1 heterocycles. The summed E-state index contributed by atoms with van der Waals surface area (Å²) in [5.74, 6) is 0.329. The normalized spacial score (nSPS) is 14.1. The standard InChI is InChI=1S/C27H31N3O2/c1-3-20(4-2)27(32)30-18-16-29(17-19-30)23-14-12-22(13-15-23)28-26(31)25-11-7-9-21-8-5-6-10-24(21)25/h5-15,20H,3-4,16-19H2,1-2H3,(H,28,31). The number of piperazine rings is 1. The molecule has 1 aliphatic rings. The molecule has 5 heteroatoms. The zero-order valence-corrected chi connectivity index (χ0v) is 18.9. The second-order valence-electron chi connectivity index (χ2n) is 8.35. The van der Waals surface area contributed by atoms with Gasteiger partial charge in [-0.1, -0.05) is 50.2 Å². The van der Waals surface area contributed by atoms with Crippen molar-refractivity contribution in [2.45, 2.75) is 26.7 Å². The predicted molar refractivity (Wildman–Crippen MR) is 131 cm³/mol. The van der Waals surface area contributed by atoms with E-state index in [0.29, 0.717) is 11.5 Å². The first-order valence-electron chi connectivity index (χ1n) is 11.5. The van der Waals surface area contributed by atoms with Crippen LogP contribution < -0.4 is 10.2 Å². The molecular formula is C27H31N3O2. The Morgan fingerprint density at radius 3 is 2.19 bits per heavy atom. The molecule has 0 unspecified atom stereocenters. The third-order valence-electron chi connectivity index (χ3n) is 6.45. The van der Waals surface area contributed by atoms with Crippen molar-refractivity contribution in [3.8, 4) is 0 Å². The van der Waals surface area contributed by atoms with Crippen molar-refractivity contribution in [3.05, 3.63) is 72.3 Å². The average Bonchev–Trinajstić information content (AvgIpc) is 2.85. The maximum atomic E-state index is 12.9. The minimum Gasteiger partial charge on any atom is -0.368 e. The van der Waals surface area contributed by atoms with Crippen LogP contribution in [-0.4, -0.2) is 42.9 Å². The Labute approximate surface area is 190 Å². The van der Waals surface area contributed by atoms with Gasteiger partial charge in [0.15, 0.2) is 0 Å². The van der Waals surface area contributed by atoms with Gasteiger partial charge in [-0.05, 0) is 53.9 Å². The van der Waals surface area contributed by atoms with Crippen molar-refractivity contribution in [3.63, 3.8) is 0 Å². The molecule has 32 heavy (non-hydrogen) atoms. The molecule has 0 radical (unpaired) electrons. The van der Waals surface area contributed by atoms with Crippen LogP contribution in [0.1, 0.15) is 37.0 Å². The molecule has 3 aromatic rings. The lowest BCUT2D eigenvalue weighted by atomic mass is 10.0. The lowest BCUT2D eigenvalue weighted by Crippen LogP contribution is -2.50. The van der Waals surface area contributed by atoms with E-state index in [1.807, 2.05) is 71.6 Å². The molecule has 2 amide bonds. The molecule has 1 fully saturated rings. The number of carbonyl (C=O) groups is 2. The molecule has 166 valence electrons. The molecule has 0 aromatic heterocycles. The van der Waals surface area contributed by atoms with E-state index in [1.165, 1.54) is 0 Å². The van der Waals surface area contributed by atoms with Crippen LogP contribution in [0.5, 0.6) is 0 Å². The average molecular weight is 430 g/mol. The van der Waals surface area contributed by atoms with E-state index in [4.69, 9.17) is 0 Å². The van der Waals surface area contributed by atoms with Crippen LogP contribution in [0, 0.1) is 5.92 Å².